The van der Waals surface area contributed by atoms with Gasteiger partial charge in [-0.2, -0.15) is 0 Å². The van der Waals surface area contributed by atoms with Gasteiger partial charge in [-0.25, -0.2) is 0 Å². The van der Waals surface area contributed by atoms with Gasteiger partial charge in [-0.1, -0.05) is 26.3 Å². The van der Waals surface area contributed by atoms with Gasteiger partial charge in [0.25, 0.3) is 0 Å². The number of hydrogen-bond acceptors (Lipinski definition) is 6. The average molecular weight is 447 g/mol. The second-order valence-electron chi connectivity index (χ2n) is 11.2. The Kier molecular flexibility index (Phi) is 5.84. The van der Waals surface area contributed by atoms with Crippen LogP contribution in [0.15, 0.2) is 11.6 Å². The van der Waals surface area contributed by atoms with Gasteiger partial charge in [0.2, 0.25) is 0 Å². The molecule has 3 fully saturated rings. The lowest BCUT2D eigenvalue weighted by atomic mass is 9.42. The first kappa shape index (κ1) is 23.5. The van der Waals surface area contributed by atoms with Crippen LogP contribution in [-0.2, 0) is 23.9 Å². The van der Waals surface area contributed by atoms with E-state index in [9.17, 15) is 19.5 Å². The van der Waals surface area contributed by atoms with Crippen molar-refractivity contribution in [2.75, 3.05) is 14.2 Å². The van der Waals surface area contributed by atoms with Crippen LogP contribution in [-0.4, -0.2) is 42.6 Å². The Hall–Kier alpha value is -1.69. The van der Waals surface area contributed by atoms with Crippen LogP contribution in [0.2, 0.25) is 0 Å². The summed E-state index contributed by atoms with van der Waals surface area (Å²) in [6.07, 6.45) is 7.02. The van der Waals surface area contributed by atoms with E-state index < -0.39 is 5.60 Å². The molecule has 3 saturated carbocycles. The summed E-state index contributed by atoms with van der Waals surface area (Å²) >= 11 is 0. The van der Waals surface area contributed by atoms with Gasteiger partial charge in [0.15, 0.2) is 5.78 Å². The summed E-state index contributed by atoms with van der Waals surface area (Å²) in [6.45, 7) is 6.52. The molecule has 6 heteroatoms. The first-order valence-electron chi connectivity index (χ1n) is 12.1. The minimum atomic E-state index is -0.944. The Balaban J connectivity index is 1.75. The summed E-state index contributed by atoms with van der Waals surface area (Å²) in [4.78, 5) is 37.3. The number of rotatable bonds is 4. The van der Waals surface area contributed by atoms with Crippen LogP contribution in [0, 0.1) is 40.4 Å². The molecule has 178 valence electrons. The summed E-state index contributed by atoms with van der Waals surface area (Å²) in [5.41, 5.74) is -0.291. The largest absolute Gasteiger partial charge is 0.469 e. The maximum Gasteiger partial charge on any atom is 0.309 e. The molecule has 2 unspecified atom stereocenters. The molecular formula is C26H38O6. The van der Waals surface area contributed by atoms with Crippen molar-refractivity contribution in [3.05, 3.63) is 11.6 Å². The minimum absolute atomic E-state index is 0.0657. The first-order chi connectivity index (χ1) is 15.0. The van der Waals surface area contributed by atoms with E-state index in [0.717, 1.165) is 31.3 Å². The van der Waals surface area contributed by atoms with E-state index in [4.69, 9.17) is 9.47 Å². The predicted octanol–water partition coefficient (Wildman–Crippen LogP) is 3.85. The van der Waals surface area contributed by atoms with E-state index in [2.05, 4.69) is 20.8 Å². The molecule has 0 heterocycles. The van der Waals surface area contributed by atoms with Crippen molar-refractivity contribution >= 4 is 17.7 Å². The highest BCUT2D eigenvalue weighted by Crippen LogP contribution is 2.70. The van der Waals surface area contributed by atoms with Crippen molar-refractivity contribution in [1.29, 1.82) is 0 Å². The summed E-state index contributed by atoms with van der Waals surface area (Å²) in [6, 6.07) is 0. The number of ether oxygens (including phenoxy) is 2. The lowest BCUT2D eigenvalue weighted by molar-refractivity contribution is -0.174. The van der Waals surface area contributed by atoms with Crippen LogP contribution < -0.4 is 0 Å². The average Bonchev–Trinajstić information content (AvgIpc) is 3.04. The van der Waals surface area contributed by atoms with Gasteiger partial charge in [-0.3, -0.25) is 14.4 Å². The van der Waals surface area contributed by atoms with E-state index in [1.165, 1.54) is 14.2 Å². The third kappa shape index (κ3) is 3.19. The van der Waals surface area contributed by atoms with Crippen LogP contribution in [0.1, 0.15) is 72.1 Å². The number of carbonyl (C=O) groups excluding carboxylic acids is 3. The lowest BCUT2D eigenvalue weighted by Gasteiger charge is -2.62. The molecule has 4 aliphatic carbocycles. The van der Waals surface area contributed by atoms with Crippen molar-refractivity contribution < 1.29 is 29.0 Å². The third-order valence-electron chi connectivity index (χ3n) is 10.2. The zero-order valence-electron chi connectivity index (χ0n) is 20.1. The quantitative estimate of drug-likeness (QED) is 0.660. The molecule has 0 amide bonds. The van der Waals surface area contributed by atoms with Crippen LogP contribution >= 0.6 is 0 Å². The molecule has 6 nitrogen and oxygen atoms in total. The van der Waals surface area contributed by atoms with E-state index >= 15 is 0 Å². The zero-order chi connectivity index (χ0) is 23.5. The molecule has 32 heavy (non-hydrogen) atoms. The van der Waals surface area contributed by atoms with Crippen LogP contribution in [0.25, 0.3) is 0 Å². The molecule has 0 aromatic rings. The van der Waals surface area contributed by atoms with Crippen molar-refractivity contribution in [2.24, 2.45) is 40.4 Å². The van der Waals surface area contributed by atoms with E-state index in [-0.39, 0.29) is 64.6 Å². The molecule has 0 saturated heterocycles. The minimum Gasteiger partial charge on any atom is -0.469 e. The molecule has 0 radical (unpaired) electrons. The van der Waals surface area contributed by atoms with Crippen LogP contribution in [0.5, 0.6) is 0 Å². The first-order valence-corrected chi connectivity index (χ1v) is 12.1. The second kappa shape index (κ2) is 7.96. The topological polar surface area (TPSA) is 89.9 Å². The van der Waals surface area contributed by atoms with Gasteiger partial charge in [0, 0.05) is 12.8 Å². The Morgan fingerprint density at radius 2 is 1.78 bits per heavy atom. The predicted molar refractivity (Wildman–Crippen MR) is 118 cm³/mol. The molecule has 4 aliphatic rings. The number of hydrogen-bond donors (Lipinski definition) is 1. The van der Waals surface area contributed by atoms with Crippen molar-refractivity contribution in [3.8, 4) is 0 Å². The van der Waals surface area contributed by atoms with Gasteiger partial charge in [-0.05, 0) is 79.1 Å². The highest BCUT2D eigenvalue weighted by Gasteiger charge is 2.67. The molecule has 0 spiro atoms. The molecule has 0 aromatic carbocycles. The molecule has 0 aromatic heterocycles. The van der Waals surface area contributed by atoms with Crippen molar-refractivity contribution in [3.63, 3.8) is 0 Å². The molecular weight excluding hydrogens is 408 g/mol. The lowest BCUT2D eigenvalue weighted by Crippen LogP contribution is -2.60. The fraction of sp³-hybridized carbons (Fsp3) is 0.808. The monoisotopic (exact) mass is 446 g/mol. The van der Waals surface area contributed by atoms with Gasteiger partial charge in [0.05, 0.1) is 25.7 Å². The molecule has 8 atom stereocenters. The Labute approximate surface area is 191 Å². The SMILES string of the molecule is COC(=O)CC[C@@]1(O)CC[C@H]2[C@@H]3C(C(=O)OC)C(C)C4=CC(=O)CC[C@]4(C)[C@H]3CC[C@@]21C. The highest BCUT2D eigenvalue weighted by molar-refractivity contribution is 5.92. The number of esters is 2. The van der Waals surface area contributed by atoms with Gasteiger partial charge in [-0.15, -0.1) is 0 Å². The van der Waals surface area contributed by atoms with E-state index in [1.807, 2.05) is 6.08 Å². The van der Waals surface area contributed by atoms with E-state index in [0.29, 0.717) is 19.3 Å². The summed E-state index contributed by atoms with van der Waals surface area (Å²) < 4.78 is 10.1. The fourth-order valence-corrected chi connectivity index (χ4v) is 8.39. The van der Waals surface area contributed by atoms with Crippen molar-refractivity contribution in [2.45, 2.75) is 77.7 Å². The number of ketones is 1. The Morgan fingerprint density at radius 3 is 2.44 bits per heavy atom. The maximum atomic E-state index is 13.1. The summed E-state index contributed by atoms with van der Waals surface area (Å²) in [7, 11) is 2.82. The molecule has 0 bridgehead atoms. The number of fused-ring (bicyclic) bond motifs is 5. The standard InChI is InChI=1S/C26H38O6/c1-15-19-14-16(27)6-10-24(19,2)17-7-11-25(3)18(22(17)21(15)23(29)32-5)8-12-26(25,30)13-9-20(28)31-4/h14-15,17-18,21-22,30H,6-13H2,1-5H3/t15?,17-,18-,21?,22+,24+,25-,26-/m0/s1. The zero-order valence-corrected chi connectivity index (χ0v) is 20.1. The number of allylic oxidation sites excluding steroid dienone is 1. The fourth-order valence-electron chi connectivity index (χ4n) is 8.39. The van der Waals surface area contributed by atoms with Gasteiger partial charge < -0.3 is 14.6 Å². The summed E-state index contributed by atoms with van der Waals surface area (Å²) in [5, 5.41) is 11.8. The van der Waals surface area contributed by atoms with E-state index in [1.54, 1.807) is 0 Å². The molecule has 0 aliphatic heterocycles. The smallest absolute Gasteiger partial charge is 0.309 e. The van der Waals surface area contributed by atoms with Crippen molar-refractivity contribution in [1.82, 2.24) is 0 Å². The Morgan fingerprint density at radius 1 is 1.09 bits per heavy atom. The van der Waals surface area contributed by atoms with Gasteiger partial charge in [0.1, 0.15) is 0 Å². The number of carbonyl (C=O) groups is 3. The highest BCUT2D eigenvalue weighted by atomic mass is 16.5. The second-order valence-corrected chi connectivity index (χ2v) is 11.2. The molecule has 1 N–H and O–H groups in total. The summed E-state index contributed by atoms with van der Waals surface area (Å²) in [5.74, 6) is -0.180. The number of methoxy groups -OCH3 is 2. The van der Waals surface area contributed by atoms with Gasteiger partial charge >= 0.3 is 11.9 Å². The maximum absolute atomic E-state index is 13.1. The normalized spacial score (nSPS) is 45.2. The van der Waals surface area contributed by atoms with Crippen LogP contribution in [0.4, 0.5) is 0 Å². The van der Waals surface area contributed by atoms with Crippen LogP contribution in [0.3, 0.4) is 0 Å². The molecule has 4 rings (SSSR count). The Bertz CT molecular complexity index is 847. The number of aliphatic hydroxyl groups is 1. The third-order valence-corrected chi connectivity index (χ3v) is 10.2.